The third kappa shape index (κ3) is 3.23. The van der Waals surface area contributed by atoms with E-state index in [1.54, 1.807) is 12.5 Å². The largest absolute Gasteiger partial charge is 0.457 e. The van der Waals surface area contributed by atoms with E-state index in [1.165, 1.54) is 10.9 Å². The molecule has 39 heavy (non-hydrogen) atoms. The second-order valence-electron chi connectivity index (χ2n) is 11.0. The maximum Gasteiger partial charge on any atom is 0.149 e. The van der Waals surface area contributed by atoms with Gasteiger partial charge in [0.1, 0.15) is 34.8 Å². The summed E-state index contributed by atoms with van der Waals surface area (Å²) in [4.78, 5) is 18.0. The summed E-state index contributed by atoms with van der Waals surface area (Å²) in [5, 5.41) is 6.41. The van der Waals surface area contributed by atoms with Crippen molar-refractivity contribution in [2.45, 2.75) is 26.2 Å². The molecule has 0 saturated carbocycles. The van der Waals surface area contributed by atoms with Crippen molar-refractivity contribution in [3.63, 3.8) is 0 Å². The molecule has 0 spiro atoms. The van der Waals surface area contributed by atoms with Crippen LogP contribution in [0.25, 0.3) is 54.8 Å². The van der Waals surface area contributed by atoms with Crippen LogP contribution < -0.4 is 4.74 Å². The van der Waals surface area contributed by atoms with Crippen LogP contribution in [0.15, 0.2) is 91.9 Å². The van der Waals surface area contributed by atoms with E-state index in [0.717, 1.165) is 60.9 Å². The smallest absolute Gasteiger partial charge is 0.149 e. The van der Waals surface area contributed by atoms with Gasteiger partial charge in [0, 0.05) is 52.5 Å². The molecule has 0 aliphatic rings. The maximum absolute atomic E-state index is 6.44. The monoisotopic (exact) mass is 508 g/mol. The van der Waals surface area contributed by atoms with Gasteiger partial charge in [-0.05, 0) is 70.3 Å². The molecule has 0 N–H and O–H groups in total. The number of aromatic nitrogens is 6. The zero-order valence-corrected chi connectivity index (χ0v) is 21.8. The van der Waals surface area contributed by atoms with Gasteiger partial charge in [0.05, 0.1) is 5.52 Å². The van der Waals surface area contributed by atoms with Crippen molar-refractivity contribution >= 4 is 54.8 Å². The van der Waals surface area contributed by atoms with Crippen molar-refractivity contribution in [3.8, 4) is 11.5 Å². The van der Waals surface area contributed by atoms with Gasteiger partial charge >= 0.3 is 0 Å². The zero-order valence-electron chi connectivity index (χ0n) is 21.8. The summed E-state index contributed by atoms with van der Waals surface area (Å²) >= 11 is 0. The highest BCUT2D eigenvalue weighted by molar-refractivity contribution is 6.13. The van der Waals surface area contributed by atoms with Crippen LogP contribution in [0.2, 0.25) is 0 Å². The van der Waals surface area contributed by atoms with E-state index in [0.29, 0.717) is 0 Å². The quantitative estimate of drug-likeness (QED) is 0.227. The number of ether oxygens (including phenoxy) is 1. The van der Waals surface area contributed by atoms with Crippen LogP contribution in [0.4, 0.5) is 0 Å². The number of rotatable bonds is 2. The van der Waals surface area contributed by atoms with Gasteiger partial charge in [-0.1, -0.05) is 26.8 Å². The first kappa shape index (κ1) is 22.0. The Hall–Kier alpha value is -5.04. The summed E-state index contributed by atoms with van der Waals surface area (Å²) in [5.41, 5.74) is 5.08. The third-order valence-corrected chi connectivity index (χ3v) is 7.60. The lowest BCUT2D eigenvalue weighted by Crippen LogP contribution is -2.10. The summed E-state index contributed by atoms with van der Waals surface area (Å²) in [6.45, 7) is 6.73. The predicted octanol–water partition coefficient (Wildman–Crippen LogP) is 7.47. The Balaban J connectivity index is 1.30. The van der Waals surface area contributed by atoms with E-state index in [4.69, 9.17) is 9.72 Å². The number of imidazole rings is 2. The molecule has 7 heteroatoms. The fourth-order valence-electron chi connectivity index (χ4n) is 5.65. The van der Waals surface area contributed by atoms with Gasteiger partial charge < -0.3 is 4.74 Å². The zero-order chi connectivity index (χ0) is 26.3. The molecule has 0 aliphatic carbocycles. The van der Waals surface area contributed by atoms with E-state index >= 15 is 0 Å². The molecule has 5 heterocycles. The van der Waals surface area contributed by atoms with E-state index in [2.05, 4.69) is 76.5 Å². The van der Waals surface area contributed by atoms with Crippen LogP contribution in [0.3, 0.4) is 0 Å². The molecule has 0 bridgehead atoms. The highest BCUT2D eigenvalue weighted by Gasteiger charge is 2.17. The Labute approximate surface area is 223 Å². The highest BCUT2D eigenvalue weighted by Crippen LogP contribution is 2.37. The standard InChI is InChI=1S/C32H24N6O/c1-32(2,3)19-4-9-28-24(14-19)22-7-5-20(15-25(22)29-34-10-12-37(28)29)39-21-6-8-23-26(16-21)30-35-11-13-38(30)31-27(23)17-33-18-36-31/h4-18H,1-3H3. The lowest BCUT2D eigenvalue weighted by molar-refractivity contribution is 0.484. The van der Waals surface area contributed by atoms with Crippen LogP contribution in [-0.4, -0.2) is 28.7 Å². The van der Waals surface area contributed by atoms with Crippen LogP contribution in [0.5, 0.6) is 11.5 Å². The van der Waals surface area contributed by atoms with E-state index in [1.807, 2.05) is 47.4 Å². The molecule has 7 nitrogen and oxygen atoms in total. The predicted molar refractivity (Wildman–Crippen MR) is 155 cm³/mol. The van der Waals surface area contributed by atoms with Crippen molar-refractivity contribution in [2.75, 3.05) is 0 Å². The van der Waals surface area contributed by atoms with Gasteiger partial charge in [-0.3, -0.25) is 8.80 Å². The topological polar surface area (TPSA) is 69.6 Å². The summed E-state index contributed by atoms with van der Waals surface area (Å²) in [6, 6.07) is 19.1. The van der Waals surface area contributed by atoms with Crippen molar-refractivity contribution in [3.05, 3.63) is 97.5 Å². The summed E-state index contributed by atoms with van der Waals surface area (Å²) in [7, 11) is 0. The molecule has 5 aromatic heterocycles. The number of nitrogens with zero attached hydrogens (tertiary/aromatic N) is 6. The second kappa shape index (κ2) is 7.74. The minimum absolute atomic E-state index is 0.0568. The second-order valence-corrected chi connectivity index (χ2v) is 11.0. The number of benzene rings is 3. The molecule has 0 radical (unpaired) electrons. The SMILES string of the molecule is CC(C)(C)c1ccc2c(c1)c1ccc(Oc3ccc4c5cncnc5n5ccnc5c4c3)cc1c1nccn21. The number of hydrogen-bond donors (Lipinski definition) is 0. The van der Waals surface area contributed by atoms with Gasteiger partial charge in [-0.2, -0.15) is 0 Å². The Morgan fingerprint density at radius 2 is 1.26 bits per heavy atom. The first-order valence-electron chi connectivity index (χ1n) is 13.0. The molecule has 8 rings (SSSR count). The number of fused-ring (bicyclic) bond motifs is 12. The number of pyridine rings is 2. The van der Waals surface area contributed by atoms with Crippen molar-refractivity contribution in [1.29, 1.82) is 0 Å². The lowest BCUT2D eigenvalue weighted by atomic mass is 9.86. The Morgan fingerprint density at radius 1 is 0.615 bits per heavy atom. The van der Waals surface area contributed by atoms with Crippen molar-refractivity contribution in [1.82, 2.24) is 28.7 Å². The first-order valence-corrected chi connectivity index (χ1v) is 13.0. The maximum atomic E-state index is 6.44. The highest BCUT2D eigenvalue weighted by atomic mass is 16.5. The molecule has 0 atom stereocenters. The molecule has 0 saturated heterocycles. The lowest BCUT2D eigenvalue weighted by Gasteiger charge is -2.20. The minimum Gasteiger partial charge on any atom is -0.457 e. The van der Waals surface area contributed by atoms with Crippen LogP contribution in [0, 0.1) is 0 Å². The van der Waals surface area contributed by atoms with Crippen molar-refractivity contribution in [2.24, 2.45) is 0 Å². The molecule has 0 fully saturated rings. The van der Waals surface area contributed by atoms with Gasteiger partial charge in [0.2, 0.25) is 0 Å². The van der Waals surface area contributed by atoms with Crippen LogP contribution in [0.1, 0.15) is 26.3 Å². The fraction of sp³-hybridized carbons (Fsp3) is 0.125. The summed E-state index contributed by atoms with van der Waals surface area (Å²) in [5.74, 6) is 1.49. The van der Waals surface area contributed by atoms with Crippen molar-refractivity contribution < 1.29 is 4.74 Å². The minimum atomic E-state index is 0.0568. The number of hydrogen-bond acceptors (Lipinski definition) is 5. The Morgan fingerprint density at radius 3 is 1.97 bits per heavy atom. The first-order chi connectivity index (χ1) is 19.0. The fourth-order valence-corrected chi connectivity index (χ4v) is 5.65. The summed E-state index contributed by atoms with van der Waals surface area (Å²) < 4.78 is 10.6. The van der Waals surface area contributed by atoms with Gasteiger partial charge in [0.25, 0.3) is 0 Å². The normalized spacial score (nSPS) is 12.5. The average Bonchev–Trinajstić information content (AvgIpc) is 3.63. The Kier molecular flexibility index (Phi) is 4.36. The van der Waals surface area contributed by atoms with Crippen LogP contribution >= 0.6 is 0 Å². The van der Waals surface area contributed by atoms with E-state index in [-0.39, 0.29) is 5.41 Å². The molecule has 0 aliphatic heterocycles. The molecule has 188 valence electrons. The van der Waals surface area contributed by atoms with E-state index in [9.17, 15) is 0 Å². The van der Waals surface area contributed by atoms with Gasteiger partial charge in [-0.25, -0.2) is 19.9 Å². The molecule has 0 amide bonds. The molecule has 3 aromatic carbocycles. The van der Waals surface area contributed by atoms with Gasteiger partial charge in [-0.15, -0.1) is 0 Å². The van der Waals surface area contributed by atoms with Crippen LogP contribution in [-0.2, 0) is 5.41 Å². The summed E-state index contributed by atoms with van der Waals surface area (Å²) in [6.07, 6.45) is 11.0. The third-order valence-electron chi connectivity index (χ3n) is 7.60. The average molecular weight is 509 g/mol. The Bertz CT molecular complexity index is 2250. The molecule has 8 aromatic rings. The molecular weight excluding hydrogens is 484 g/mol. The van der Waals surface area contributed by atoms with E-state index < -0.39 is 0 Å². The molecular formula is C32H24N6O. The van der Waals surface area contributed by atoms with Gasteiger partial charge in [0.15, 0.2) is 0 Å². The molecule has 0 unspecified atom stereocenters.